The minimum absolute atomic E-state index is 0.0282. The maximum absolute atomic E-state index is 12.3. The minimum Gasteiger partial charge on any atom is -0.352 e. The second-order valence-electron chi connectivity index (χ2n) is 5.72. The predicted molar refractivity (Wildman–Crippen MR) is 79.4 cm³/mol. The first-order valence-corrected chi connectivity index (χ1v) is 7.45. The lowest BCUT2D eigenvalue weighted by molar-refractivity contribution is -0.137. The van der Waals surface area contributed by atoms with Crippen LogP contribution in [-0.2, 0) is 9.59 Å². The molecule has 0 aromatic heterocycles. The number of carbonyl (C=O) groups is 2. The molecular weight excluding hydrogens is 256 g/mol. The molecule has 0 radical (unpaired) electrons. The summed E-state index contributed by atoms with van der Waals surface area (Å²) >= 11 is 0. The van der Waals surface area contributed by atoms with Crippen LogP contribution in [0.3, 0.4) is 0 Å². The number of nitrogens with zero attached hydrogens (tertiary/aromatic N) is 2. The highest BCUT2D eigenvalue weighted by molar-refractivity contribution is 5.85. The van der Waals surface area contributed by atoms with Crippen molar-refractivity contribution in [2.45, 2.75) is 39.8 Å². The molecule has 0 aliphatic carbocycles. The van der Waals surface area contributed by atoms with E-state index in [0.29, 0.717) is 19.1 Å². The fourth-order valence-corrected chi connectivity index (χ4v) is 2.36. The molecule has 2 amide bonds. The molecule has 6 nitrogen and oxygen atoms in total. The van der Waals surface area contributed by atoms with Crippen LogP contribution in [-0.4, -0.2) is 73.0 Å². The van der Waals surface area contributed by atoms with E-state index in [4.69, 9.17) is 0 Å². The largest absolute Gasteiger partial charge is 0.352 e. The van der Waals surface area contributed by atoms with Gasteiger partial charge in [-0.15, -0.1) is 0 Å². The molecule has 1 heterocycles. The monoisotopic (exact) mass is 284 g/mol. The molecule has 116 valence electrons. The van der Waals surface area contributed by atoms with Gasteiger partial charge in [0.1, 0.15) is 0 Å². The van der Waals surface area contributed by atoms with E-state index in [1.54, 1.807) is 4.90 Å². The van der Waals surface area contributed by atoms with E-state index in [9.17, 15) is 9.59 Å². The van der Waals surface area contributed by atoms with Gasteiger partial charge in [-0.25, -0.2) is 0 Å². The maximum Gasteiger partial charge on any atom is 0.239 e. The Morgan fingerprint density at radius 1 is 1.45 bits per heavy atom. The summed E-state index contributed by atoms with van der Waals surface area (Å²) in [6.45, 7) is 11.6. The predicted octanol–water partition coefficient (Wildman–Crippen LogP) is -0.347. The zero-order chi connectivity index (χ0) is 15.1. The van der Waals surface area contributed by atoms with Crippen LogP contribution in [0, 0.1) is 0 Å². The van der Waals surface area contributed by atoms with Gasteiger partial charge in [0, 0.05) is 38.3 Å². The van der Waals surface area contributed by atoms with E-state index in [1.807, 2.05) is 20.8 Å². The van der Waals surface area contributed by atoms with Crippen LogP contribution in [0.2, 0.25) is 0 Å². The number of piperazine rings is 1. The summed E-state index contributed by atoms with van der Waals surface area (Å²) in [6.07, 6.45) is 0. The van der Waals surface area contributed by atoms with Crippen molar-refractivity contribution >= 4 is 11.8 Å². The van der Waals surface area contributed by atoms with E-state index in [1.165, 1.54) is 0 Å². The number of amides is 2. The van der Waals surface area contributed by atoms with Crippen LogP contribution in [0.4, 0.5) is 0 Å². The van der Waals surface area contributed by atoms with Crippen molar-refractivity contribution in [3.63, 3.8) is 0 Å². The van der Waals surface area contributed by atoms with Gasteiger partial charge in [0.25, 0.3) is 0 Å². The zero-order valence-corrected chi connectivity index (χ0v) is 13.1. The van der Waals surface area contributed by atoms with Crippen molar-refractivity contribution in [3.8, 4) is 0 Å². The molecule has 0 aromatic carbocycles. The Labute approximate surface area is 121 Å². The number of hydrogen-bond donors (Lipinski definition) is 2. The average Bonchev–Trinajstić information content (AvgIpc) is 2.34. The van der Waals surface area contributed by atoms with Crippen molar-refractivity contribution in [2.75, 3.05) is 39.3 Å². The fourth-order valence-electron chi connectivity index (χ4n) is 2.36. The molecule has 0 aromatic rings. The van der Waals surface area contributed by atoms with E-state index < -0.39 is 0 Å². The smallest absolute Gasteiger partial charge is 0.239 e. The van der Waals surface area contributed by atoms with Crippen LogP contribution in [0.5, 0.6) is 0 Å². The Hall–Kier alpha value is -1.14. The van der Waals surface area contributed by atoms with Crippen LogP contribution in [0.15, 0.2) is 0 Å². The third kappa shape index (κ3) is 5.88. The van der Waals surface area contributed by atoms with E-state index >= 15 is 0 Å². The molecule has 0 saturated carbocycles. The molecule has 0 unspecified atom stereocenters. The SMILES string of the molecule is CCN(CC(=O)NC(C)C)C(=O)CN1CCN[C@H](C)C1. The summed E-state index contributed by atoms with van der Waals surface area (Å²) in [6, 6.07) is 0.515. The number of carbonyl (C=O) groups excluding carboxylic acids is 2. The number of likely N-dealkylation sites (N-methyl/N-ethyl adjacent to an activating group) is 1. The summed E-state index contributed by atoms with van der Waals surface area (Å²) in [7, 11) is 0. The molecule has 1 rings (SSSR count). The Balaban J connectivity index is 2.43. The normalized spacial score (nSPS) is 19.9. The second-order valence-corrected chi connectivity index (χ2v) is 5.72. The van der Waals surface area contributed by atoms with Gasteiger partial charge in [-0.1, -0.05) is 0 Å². The molecule has 1 aliphatic heterocycles. The molecule has 1 atom stereocenters. The third-order valence-electron chi connectivity index (χ3n) is 3.33. The van der Waals surface area contributed by atoms with Gasteiger partial charge in [0.2, 0.25) is 11.8 Å². The van der Waals surface area contributed by atoms with Gasteiger partial charge < -0.3 is 15.5 Å². The standard InChI is InChI=1S/C14H28N4O2/c1-5-18(9-13(19)16-11(2)3)14(20)10-17-7-6-15-12(4)8-17/h11-12,15H,5-10H2,1-4H3,(H,16,19)/t12-/m1/s1. The first-order chi connectivity index (χ1) is 9.42. The molecule has 0 bridgehead atoms. The van der Waals surface area contributed by atoms with Crippen molar-refractivity contribution in [3.05, 3.63) is 0 Å². The van der Waals surface area contributed by atoms with E-state index in [-0.39, 0.29) is 24.4 Å². The Kier molecular flexibility index (Phi) is 6.95. The number of nitrogens with one attached hydrogen (secondary N) is 2. The van der Waals surface area contributed by atoms with Crippen molar-refractivity contribution in [1.82, 2.24) is 20.4 Å². The van der Waals surface area contributed by atoms with E-state index in [0.717, 1.165) is 19.6 Å². The average molecular weight is 284 g/mol. The minimum atomic E-state index is -0.0936. The summed E-state index contributed by atoms with van der Waals surface area (Å²) in [5, 5.41) is 6.17. The van der Waals surface area contributed by atoms with Crippen LogP contribution < -0.4 is 10.6 Å². The first kappa shape index (κ1) is 16.9. The van der Waals surface area contributed by atoms with Gasteiger partial charge in [-0.3, -0.25) is 14.5 Å². The van der Waals surface area contributed by atoms with Crippen LogP contribution >= 0.6 is 0 Å². The zero-order valence-electron chi connectivity index (χ0n) is 13.1. The maximum atomic E-state index is 12.3. The van der Waals surface area contributed by atoms with Gasteiger partial charge >= 0.3 is 0 Å². The molecule has 1 aliphatic rings. The third-order valence-corrected chi connectivity index (χ3v) is 3.33. The molecule has 0 spiro atoms. The molecule has 1 fully saturated rings. The summed E-state index contributed by atoms with van der Waals surface area (Å²) in [5.41, 5.74) is 0. The highest BCUT2D eigenvalue weighted by atomic mass is 16.2. The first-order valence-electron chi connectivity index (χ1n) is 7.45. The van der Waals surface area contributed by atoms with Crippen molar-refractivity contribution in [1.29, 1.82) is 0 Å². The quantitative estimate of drug-likeness (QED) is 0.700. The molecule has 1 saturated heterocycles. The number of rotatable bonds is 6. The topological polar surface area (TPSA) is 64.7 Å². The van der Waals surface area contributed by atoms with Crippen LogP contribution in [0.25, 0.3) is 0 Å². The highest BCUT2D eigenvalue weighted by Gasteiger charge is 2.22. The molecular formula is C14H28N4O2. The fraction of sp³-hybridized carbons (Fsp3) is 0.857. The summed E-state index contributed by atoms with van der Waals surface area (Å²) in [5.74, 6) is -0.0654. The van der Waals surface area contributed by atoms with Gasteiger partial charge in [-0.05, 0) is 27.7 Å². The van der Waals surface area contributed by atoms with Crippen LogP contribution in [0.1, 0.15) is 27.7 Å². The lowest BCUT2D eigenvalue weighted by atomic mass is 10.2. The Morgan fingerprint density at radius 3 is 2.70 bits per heavy atom. The van der Waals surface area contributed by atoms with Gasteiger partial charge in [0.15, 0.2) is 0 Å². The lowest BCUT2D eigenvalue weighted by Crippen LogP contribution is -2.53. The van der Waals surface area contributed by atoms with E-state index in [2.05, 4.69) is 22.5 Å². The molecule has 20 heavy (non-hydrogen) atoms. The van der Waals surface area contributed by atoms with Gasteiger partial charge in [0.05, 0.1) is 13.1 Å². The van der Waals surface area contributed by atoms with Crippen molar-refractivity contribution in [2.24, 2.45) is 0 Å². The summed E-state index contributed by atoms with van der Waals surface area (Å²) < 4.78 is 0. The Morgan fingerprint density at radius 2 is 2.15 bits per heavy atom. The second kappa shape index (κ2) is 8.21. The highest BCUT2D eigenvalue weighted by Crippen LogP contribution is 2.00. The summed E-state index contributed by atoms with van der Waals surface area (Å²) in [4.78, 5) is 27.8. The molecule has 2 N–H and O–H groups in total. The van der Waals surface area contributed by atoms with Crippen molar-refractivity contribution < 1.29 is 9.59 Å². The molecule has 6 heteroatoms. The Bertz CT molecular complexity index is 333. The lowest BCUT2D eigenvalue weighted by Gasteiger charge is -2.32. The van der Waals surface area contributed by atoms with Gasteiger partial charge in [-0.2, -0.15) is 0 Å². The number of hydrogen-bond acceptors (Lipinski definition) is 4.